The van der Waals surface area contributed by atoms with Crippen LogP contribution in [0, 0.1) is 10.1 Å². The summed E-state index contributed by atoms with van der Waals surface area (Å²) in [5, 5.41) is 20.3. The van der Waals surface area contributed by atoms with Crippen LogP contribution in [0.15, 0.2) is 29.0 Å². The van der Waals surface area contributed by atoms with Crippen molar-refractivity contribution in [2.45, 2.75) is 13.1 Å². The number of aromatic nitrogens is 3. The van der Waals surface area contributed by atoms with Crippen molar-refractivity contribution in [1.82, 2.24) is 20.5 Å². The molecule has 94 valence electrons. The highest BCUT2D eigenvalue weighted by Crippen LogP contribution is 2.25. The molecular formula is C10H10BrN5O2. The van der Waals surface area contributed by atoms with Crippen molar-refractivity contribution in [1.29, 1.82) is 0 Å². The molecule has 1 aromatic carbocycles. The fraction of sp³-hybridized carbons (Fsp3) is 0.200. The van der Waals surface area contributed by atoms with Crippen LogP contribution >= 0.6 is 15.9 Å². The minimum Gasteiger partial charge on any atom is -0.306 e. The number of halogens is 1. The SMILES string of the molecule is O=[N+]([O-])c1cc(CNCc2ncn[nH]2)ccc1Br. The molecule has 0 bridgehead atoms. The third-order valence-corrected chi connectivity index (χ3v) is 2.96. The van der Waals surface area contributed by atoms with Crippen molar-refractivity contribution in [3.05, 3.63) is 50.5 Å². The van der Waals surface area contributed by atoms with Crippen LogP contribution in [-0.2, 0) is 13.1 Å². The van der Waals surface area contributed by atoms with Crippen LogP contribution in [0.5, 0.6) is 0 Å². The second kappa shape index (κ2) is 5.69. The zero-order valence-corrected chi connectivity index (χ0v) is 10.8. The quantitative estimate of drug-likeness (QED) is 0.648. The molecule has 1 aromatic heterocycles. The number of benzene rings is 1. The highest BCUT2D eigenvalue weighted by atomic mass is 79.9. The standard InChI is InChI=1S/C10H10BrN5O2/c11-8-2-1-7(3-9(8)16(17)18)4-12-5-10-13-6-14-15-10/h1-3,6,12H,4-5H2,(H,13,14,15). The zero-order valence-electron chi connectivity index (χ0n) is 9.26. The lowest BCUT2D eigenvalue weighted by atomic mass is 10.2. The van der Waals surface area contributed by atoms with Gasteiger partial charge >= 0.3 is 0 Å². The van der Waals surface area contributed by atoms with Crippen LogP contribution in [0.25, 0.3) is 0 Å². The Morgan fingerprint density at radius 3 is 2.94 bits per heavy atom. The van der Waals surface area contributed by atoms with E-state index in [9.17, 15) is 10.1 Å². The normalized spacial score (nSPS) is 10.5. The molecule has 0 aliphatic carbocycles. The van der Waals surface area contributed by atoms with E-state index in [0.717, 1.165) is 11.4 Å². The average Bonchev–Trinajstić information content (AvgIpc) is 2.84. The number of nitro groups is 1. The first-order chi connectivity index (χ1) is 8.66. The first kappa shape index (κ1) is 12.7. The fourth-order valence-corrected chi connectivity index (χ4v) is 1.84. The van der Waals surface area contributed by atoms with E-state index < -0.39 is 4.92 Å². The van der Waals surface area contributed by atoms with E-state index in [-0.39, 0.29) is 5.69 Å². The van der Waals surface area contributed by atoms with Gasteiger partial charge in [0.25, 0.3) is 5.69 Å². The summed E-state index contributed by atoms with van der Waals surface area (Å²) in [6.07, 6.45) is 1.43. The molecule has 0 atom stereocenters. The summed E-state index contributed by atoms with van der Waals surface area (Å²) in [6.45, 7) is 1.05. The van der Waals surface area contributed by atoms with Crippen molar-refractivity contribution in [3.63, 3.8) is 0 Å². The molecular weight excluding hydrogens is 302 g/mol. The summed E-state index contributed by atoms with van der Waals surface area (Å²) < 4.78 is 0.478. The van der Waals surface area contributed by atoms with Crippen molar-refractivity contribution in [2.75, 3.05) is 0 Å². The maximum atomic E-state index is 10.8. The lowest BCUT2D eigenvalue weighted by Crippen LogP contribution is -2.13. The highest BCUT2D eigenvalue weighted by Gasteiger charge is 2.11. The van der Waals surface area contributed by atoms with Crippen molar-refractivity contribution in [3.8, 4) is 0 Å². The summed E-state index contributed by atoms with van der Waals surface area (Å²) in [6, 6.07) is 5.03. The zero-order chi connectivity index (χ0) is 13.0. The maximum absolute atomic E-state index is 10.8. The summed E-state index contributed by atoms with van der Waals surface area (Å²) in [7, 11) is 0. The highest BCUT2D eigenvalue weighted by molar-refractivity contribution is 9.10. The predicted molar refractivity (Wildman–Crippen MR) is 67.7 cm³/mol. The minimum absolute atomic E-state index is 0.0639. The van der Waals surface area contributed by atoms with Crippen LogP contribution < -0.4 is 5.32 Å². The first-order valence-corrected chi connectivity index (χ1v) is 5.94. The molecule has 0 radical (unpaired) electrons. The summed E-state index contributed by atoms with van der Waals surface area (Å²) in [4.78, 5) is 14.3. The van der Waals surface area contributed by atoms with Crippen LogP contribution in [-0.4, -0.2) is 20.1 Å². The first-order valence-electron chi connectivity index (χ1n) is 5.14. The topological polar surface area (TPSA) is 96.7 Å². The molecule has 0 aliphatic heterocycles. The van der Waals surface area contributed by atoms with E-state index in [1.807, 2.05) is 6.07 Å². The van der Waals surface area contributed by atoms with Crippen LogP contribution in [0.2, 0.25) is 0 Å². The third kappa shape index (κ3) is 3.11. The van der Waals surface area contributed by atoms with Crippen LogP contribution in [0.4, 0.5) is 5.69 Å². The summed E-state index contributed by atoms with van der Waals surface area (Å²) >= 11 is 3.15. The van der Waals surface area contributed by atoms with Gasteiger partial charge in [0.05, 0.1) is 15.9 Å². The van der Waals surface area contributed by atoms with Crippen molar-refractivity contribution in [2.24, 2.45) is 0 Å². The molecule has 0 aliphatic rings. The average molecular weight is 312 g/mol. The van der Waals surface area contributed by atoms with E-state index in [2.05, 4.69) is 36.4 Å². The van der Waals surface area contributed by atoms with Gasteiger partial charge in [-0.15, -0.1) is 0 Å². The smallest absolute Gasteiger partial charge is 0.283 e. The van der Waals surface area contributed by atoms with Gasteiger partial charge in [0.15, 0.2) is 0 Å². The number of hydrogen-bond donors (Lipinski definition) is 2. The van der Waals surface area contributed by atoms with Gasteiger partial charge in [-0.05, 0) is 27.6 Å². The van der Waals surface area contributed by atoms with Gasteiger partial charge in [-0.2, -0.15) is 5.10 Å². The Morgan fingerprint density at radius 2 is 2.28 bits per heavy atom. The van der Waals surface area contributed by atoms with Crippen LogP contribution in [0.3, 0.4) is 0 Å². The van der Waals surface area contributed by atoms with E-state index in [1.54, 1.807) is 6.07 Å². The number of aromatic amines is 1. The number of hydrogen-bond acceptors (Lipinski definition) is 5. The molecule has 7 nitrogen and oxygen atoms in total. The molecule has 2 N–H and O–H groups in total. The van der Waals surface area contributed by atoms with Crippen LogP contribution in [0.1, 0.15) is 11.4 Å². The van der Waals surface area contributed by atoms with Gasteiger partial charge in [-0.3, -0.25) is 15.2 Å². The molecule has 0 saturated carbocycles. The molecule has 0 spiro atoms. The molecule has 0 unspecified atom stereocenters. The Balaban J connectivity index is 1.97. The molecule has 1 heterocycles. The number of nitrogens with zero attached hydrogens (tertiary/aromatic N) is 3. The lowest BCUT2D eigenvalue weighted by Gasteiger charge is -2.03. The van der Waals surface area contributed by atoms with Crippen molar-refractivity contribution < 1.29 is 4.92 Å². The van der Waals surface area contributed by atoms with Gasteiger partial charge in [0.2, 0.25) is 0 Å². The van der Waals surface area contributed by atoms with Gasteiger partial charge in [-0.25, -0.2) is 4.98 Å². The molecule has 8 heteroatoms. The Morgan fingerprint density at radius 1 is 1.44 bits per heavy atom. The molecule has 2 rings (SSSR count). The second-order valence-electron chi connectivity index (χ2n) is 3.58. The maximum Gasteiger partial charge on any atom is 0.283 e. The monoisotopic (exact) mass is 311 g/mol. The molecule has 18 heavy (non-hydrogen) atoms. The fourth-order valence-electron chi connectivity index (χ4n) is 1.45. The number of rotatable bonds is 5. The van der Waals surface area contributed by atoms with Crippen molar-refractivity contribution >= 4 is 21.6 Å². The van der Waals surface area contributed by atoms with E-state index in [0.29, 0.717) is 17.6 Å². The Labute approximate surface area is 111 Å². The van der Waals surface area contributed by atoms with Gasteiger partial charge in [0, 0.05) is 12.6 Å². The van der Waals surface area contributed by atoms with Gasteiger partial charge in [-0.1, -0.05) is 6.07 Å². The molecule has 0 amide bonds. The van der Waals surface area contributed by atoms with Gasteiger partial charge in [0.1, 0.15) is 12.2 Å². The number of nitro benzene ring substituents is 1. The number of nitrogens with one attached hydrogen (secondary N) is 2. The third-order valence-electron chi connectivity index (χ3n) is 2.29. The minimum atomic E-state index is -0.413. The molecule has 0 saturated heterocycles. The molecule has 0 fully saturated rings. The Bertz CT molecular complexity index is 543. The molecule has 2 aromatic rings. The predicted octanol–water partition coefficient (Wildman–Crippen LogP) is 1.77. The lowest BCUT2D eigenvalue weighted by molar-refractivity contribution is -0.385. The van der Waals surface area contributed by atoms with E-state index >= 15 is 0 Å². The van der Waals surface area contributed by atoms with E-state index in [1.165, 1.54) is 12.4 Å². The largest absolute Gasteiger partial charge is 0.306 e. The second-order valence-corrected chi connectivity index (χ2v) is 4.43. The Hall–Kier alpha value is -1.80. The van der Waals surface area contributed by atoms with E-state index in [4.69, 9.17) is 0 Å². The van der Waals surface area contributed by atoms with Gasteiger partial charge < -0.3 is 5.32 Å². The Kier molecular flexibility index (Phi) is 4.00. The summed E-state index contributed by atoms with van der Waals surface area (Å²) in [5.41, 5.74) is 0.901. The summed E-state index contributed by atoms with van der Waals surface area (Å²) in [5.74, 6) is 0.724. The number of H-pyrrole nitrogens is 1.